The highest BCUT2D eigenvalue weighted by molar-refractivity contribution is 7.99. The second-order valence-electron chi connectivity index (χ2n) is 9.78. The molecule has 0 amide bonds. The molecule has 0 radical (unpaired) electrons. The number of hydroxylamine groups is 1. The minimum atomic E-state index is -0.136. The van der Waals surface area contributed by atoms with Crippen molar-refractivity contribution in [1.82, 2.24) is 0 Å². The second-order valence-corrected chi connectivity index (χ2v) is 12.2. The first-order chi connectivity index (χ1) is 18.7. The van der Waals surface area contributed by atoms with E-state index in [4.69, 9.17) is 4.84 Å². The molecule has 38 heavy (non-hydrogen) atoms. The monoisotopic (exact) mass is 548 g/mol. The van der Waals surface area contributed by atoms with Crippen molar-refractivity contribution in [2.24, 2.45) is 0 Å². The van der Waals surface area contributed by atoms with Crippen molar-refractivity contribution in [3.8, 4) is 0 Å². The van der Waals surface area contributed by atoms with E-state index in [-0.39, 0.29) is 12.0 Å². The van der Waals surface area contributed by atoms with E-state index in [1.54, 1.807) is 5.06 Å². The first kappa shape index (κ1) is 28.4. The first-order valence-electron chi connectivity index (χ1n) is 13.8. The van der Waals surface area contributed by atoms with Crippen LogP contribution in [-0.2, 0) is 21.1 Å². The fourth-order valence-corrected chi connectivity index (χ4v) is 6.99. The van der Waals surface area contributed by atoms with Gasteiger partial charge in [0.05, 0.1) is 17.9 Å². The zero-order chi connectivity index (χ0) is 26.4. The van der Waals surface area contributed by atoms with Gasteiger partial charge in [0.1, 0.15) is 0 Å². The van der Waals surface area contributed by atoms with Crippen LogP contribution in [0.5, 0.6) is 0 Å². The van der Waals surface area contributed by atoms with Gasteiger partial charge in [-0.15, -0.1) is 0 Å². The van der Waals surface area contributed by atoms with Gasteiger partial charge in [-0.2, -0.15) is 23.5 Å². The maximum Gasteiger partial charge on any atom is 0.332 e. The molecule has 1 aliphatic heterocycles. The van der Waals surface area contributed by atoms with Crippen LogP contribution in [0, 0.1) is 0 Å². The van der Waals surface area contributed by atoms with E-state index < -0.39 is 0 Å². The van der Waals surface area contributed by atoms with Crippen molar-refractivity contribution in [2.75, 3.05) is 22.7 Å². The molecule has 202 valence electrons. The average Bonchev–Trinajstić information content (AvgIpc) is 2.96. The molecule has 0 bridgehead atoms. The summed E-state index contributed by atoms with van der Waals surface area (Å²) in [4.78, 5) is 18.6. The lowest BCUT2D eigenvalue weighted by atomic mass is 10.1. The summed E-state index contributed by atoms with van der Waals surface area (Å²) in [6.45, 7) is 2.83. The third-order valence-corrected chi connectivity index (χ3v) is 9.31. The molecule has 0 aliphatic carbocycles. The van der Waals surface area contributed by atoms with E-state index >= 15 is 0 Å². The normalized spacial score (nSPS) is 15.4. The lowest BCUT2D eigenvalue weighted by Gasteiger charge is -2.35. The Balaban J connectivity index is 1.21. The zero-order valence-electron chi connectivity index (χ0n) is 22.4. The summed E-state index contributed by atoms with van der Waals surface area (Å²) in [6.07, 6.45) is 5.67. The largest absolute Gasteiger partial charge is 0.379 e. The highest BCUT2D eigenvalue weighted by Gasteiger charge is 2.25. The van der Waals surface area contributed by atoms with E-state index in [2.05, 4.69) is 84.7 Å². The number of para-hydroxylation sites is 2. The van der Waals surface area contributed by atoms with Crippen LogP contribution in [0.1, 0.15) is 56.6 Å². The lowest BCUT2D eigenvalue weighted by Crippen LogP contribution is -2.42. The Morgan fingerprint density at radius 1 is 0.921 bits per heavy atom. The standard InChI is InChI=1S/C32H40N2O2S2/c1-2-28-23-34(31-19-11-10-18-30(31)33-28)36-32(35)20-12-9-17-29(38-25-27-15-7-4-8-16-27)21-22-37-24-26-13-5-3-6-14-26/h3-8,10-11,13-16,18-19,28-29,33H,2,9,12,17,20-25H2,1H3. The van der Waals surface area contributed by atoms with Crippen LogP contribution in [0.2, 0.25) is 0 Å². The topological polar surface area (TPSA) is 41.6 Å². The van der Waals surface area contributed by atoms with E-state index in [1.165, 1.54) is 17.5 Å². The Labute approximate surface area is 236 Å². The summed E-state index contributed by atoms with van der Waals surface area (Å²) in [5.41, 5.74) is 4.74. The fourth-order valence-electron chi connectivity index (χ4n) is 4.58. The number of hydrogen-bond donors (Lipinski definition) is 1. The maximum absolute atomic E-state index is 12.7. The van der Waals surface area contributed by atoms with Gasteiger partial charge in [-0.05, 0) is 54.7 Å². The quantitative estimate of drug-likeness (QED) is 0.193. The summed E-state index contributed by atoms with van der Waals surface area (Å²) in [5, 5.41) is 5.91. The van der Waals surface area contributed by atoms with E-state index in [9.17, 15) is 4.79 Å². The Morgan fingerprint density at radius 2 is 1.61 bits per heavy atom. The molecule has 0 aromatic heterocycles. The number of hydrogen-bond acceptors (Lipinski definition) is 6. The summed E-state index contributed by atoms with van der Waals surface area (Å²) in [5.74, 6) is 3.13. The van der Waals surface area contributed by atoms with Crippen molar-refractivity contribution in [3.05, 3.63) is 96.1 Å². The molecule has 1 aliphatic rings. The van der Waals surface area contributed by atoms with Gasteiger partial charge in [0.15, 0.2) is 0 Å². The third-order valence-electron chi connectivity index (χ3n) is 6.80. The van der Waals surface area contributed by atoms with Crippen LogP contribution in [0.15, 0.2) is 84.9 Å². The summed E-state index contributed by atoms with van der Waals surface area (Å²) >= 11 is 4.08. The molecular weight excluding hydrogens is 508 g/mol. The molecule has 2 atom stereocenters. The Bertz CT molecular complexity index is 1100. The number of benzene rings is 3. The van der Waals surface area contributed by atoms with E-state index in [0.29, 0.717) is 18.2 Å². The highest BCUT2D eigenvalue weighted by Crippen LogP contribution is 2.32. The van der Waals surface area contributed by atoms with Gasteiger partial charge in [0.25, 0.3) is 0 Å². The number of nitrogens with one attached hydrogen (secondary N) is 1. The van der Waals surface area contributed by atoms with Crippen molar-refractivity contribution < 1.29 is 9.63 Å². The Hall–Kier alpha value is -2.57. The van der Waals surface area contributed by atoms with Crippen LogP contribution in [0.3, 0.4) is 0 Å². The van der Waals surface area contributed by atoms with Crippen molar-refractivity contribution in [2.45, 2.75) is 68.2 Å². The van der Waals surface area contributed by atoms with E-state index in [1.807, 2.05) is 36.0 Å². The number of rotatable bonds is 15. The number of fused-ring (bicyclic) bond motifs is 1. The van der Waals surface area contributed by atoms with Gasteiger partial charge in [-0.1, -0.05) is 86.1 Å². The first-order valence-corrected chi connectivity index (χ1v) is 16.0. The number of unbranched alkanes of at least 4 members (excludes halogenated alkanes) is 1. The summed E-state index contributed by atoms with van der Waals surface area (Å²) < 4.78 is 0. The summed E-state index contributed by atoms with van der Waals surface area (Å²) in [7, 11) is 0. The molecule has 2 unspecified atom stereocenters. The van der Waals surface area contributed by atoms with E-state index in [0.717, 1.165) is 54.3 Å². The van der Waals surface area contributed by atoms with Crippen LogP contribution in [0.25, 0.3) is 0 Å². The van der Waals surface area contributed by atoms with Crippen LogP contribution >= 0.6 is 23.5 Å². The SMILES string of the molecule is CCC1CN(OC(=O)CCCCC(CCSCc2ccccc2)SCc2ccccc2)c2ccccc2N1. The van der Waals surface area contributed by atoms with Crippen LogP contribution in [-0.4, -0.2) is 29.6 Å². The minimum absolute atomic E-state index is 0.136. The number of nitrogens with zero attached hydrogens (tertiary/aromatic N) is 1. The van der Waals surface area contributed by atoms with Crippen molar-refractivity contribution in [1.29, 1.82) is 0 Å². The molecular formula is C32H40N2O2S2. The Morgan fingerprint density at radius 3 is 2.34 bits per heavy atom. The molecule has 0 saturated heterocycles. The van der Waals surface area contributed by atoms with Gasteiger partial charge < -0.3 is 10.2 Å². The van der Waals surface area contributed by atoms with Gasteiger partial charge in [0, 0.05) is 29.2 Å². The maximum atomic E-state index is 12.7. The molecule has 4 rings (SSSR count). The lowest BCUT2D eigenvalue weighted by molar-refractivity contribution is -0.145. The number of anilines is 2. The van der Waals surface area contributed by atoms with Gasteiger partial charge in [0.2, 0.25) is 0 Å². The van der Waals surface area contributed by atoms with Crippen LogP contribution in [0.4, 0.5) is 11.4 Å². The molecule has 6 heteroatoms. The average molecular weight is 549 g/mol. The molecule has 0 saturated carbocycles. The van der Waals surface area contributed by atoms with Crippen molar-refractivity contribution >= 4 is 40.9 Å². The zero-order valence-corrected chi connectivity index (χ0v) is 24.0. The summed E-state index contributed by atoms with van der Waals surface area (Å²) in [6, 6.07) is 29.8. The van der Waals surface area contributed by atoms with Crippen molar-refractivity contribution in [3.63, 3.8) is 0 Å². The molecule has 0 fully saturated rings. The Kier molecular flexibility index (Phi) is 11.8. The number of carbonyl (C=O) groups is 1. The second kappa shape index (κ2) is 15.7. The van der Waals surface area contributed by atoms with Gasteiger partial charge >= 0.3 is 5.97 Å². The fraction of sp³-hybridized carbons (Fsp3) is 0.406. The number of carbonyl (C=O) groups excluding carboxylic acids is 1. The predicted octanol–water partition coefficient (Wildman–Crippen LogP) is 8.34. The molecule has 4 nitrogen and oxygen atoms in total. The molecule has 1 N–H and O–H groups in total. The molecule has 3 aromatic rings. The molecule has 3 aromatic carbocycles. The molecule has 0 spiro atoms. The van der Waals surface area contributed by atoms with Gasteiger partial charge in [-0.3, -0.25) is 0 Å². The predicted molar refractivity (Wildman–Crippen MR) is 165 cm³/mol. The smallest absolute Gasteiger partial charge is 0.332 e. The van der Waals surface area contributed by atoms with Crippen LogP contribution < -0.4 is 10.4 Å². The molecule has 1 heterocycles. The highest BCUT2D eigenvalue weighted by atomic mass is 32.2. The van der Waals surface area contributed by atoms with Gasteiger partial charge in [-0.25, -0.2) is 9.86 Å². The minimum Gasteiger partial charge on any atom is -0.379 e. The third kappa shape index (κ3) is 9.32. The number of thioether (sulfide) groups is 2.